The Morgan fingerprint density at radius 1 is 1.21 bits per heavy atom. The summed E-state index contributed by atoms with van der Waals surface area (Å²) >= 11 is 0. The van der Waals surface area contributed by atoms with Crippen molar-refractivity contribution < 1.29 is 4.74 Å². The fraction of sp³-hybridized carbons (Fsp3) is 0.846. The third-order valence-corrected chi connectivity index (χ3v) is 2.64. The molecule has 0 spiro atoms. The molecule has 0 aromatic heterocycles. The standard InChI is InChI=1S/C13H26O/c1-5-7-8-9-11-13(14-4)12(3)10-6-2/h10,13H,5-9,11H2,1-4H3/b12-10+. The second kappa shape index (κ2) is 9.26. The normalized spacial score (nSPS) is 14.4. The fourth-order valence-electron chi connectivity index (χ4n) is 1.74. The van der Waals surface area contributed by atoms with Gasteiger partial charge in [0.15, 0.2) is 0 Å². The van der Waals surface area contributed by atoms with E-state index in [0.717, 1.165) is 6.42 Å². The molecule has 1 heteroatoms. The summed E-state index contributed by atoms with van der Waals surface area (Å²) in [4.78, 5) is 0. The zero-order valence-electron chi connectivity index (χ0n) is 10.3. The maximum atomic E-state index is 5.48. The van der Waals surface area contributed by atoms with Gasteiger partial charge in [0.1, 0.15) is 0 Å². The molecule has 0 fully saturated rings. The summed E-state index contributed by atoms with van der Waals surface area (Å²) in [5.74, 6) is 0. The number of unbranched alkanes of at least 4 members (excludes halogenated alkanes) is 3. The molecule has 0 saturated carbocycles. The van der Waals surface area contributed by atoms with Crippen molar-refractivity contribution in [2.24, 2.45) is 0 Å². The quantitative estimate of drug-likeness (QED) is 0.417. The smallest absolute Gasteiger partial charge is 0.0778 e. The minimum absolute atomic E-state index is 0.354. The van der Waals surface area contributed by atoms with Crippen molar-refractivity contribution in [2.45, 2.75) is 65.4 Å². The molecule has 0 bridgehead atoms. The molecule has 0 aliphatic rings. The molecular formula is C13H26O. The summed E-state index contributed by atoms with van der Waals surface area (Å²) in [6.07, 6.45) is 10.2. The highest BCUT2D eigenvalue weighted by atomic mass is 16.5. The van der Waals surface area contributed by atoms with Crippen molar-refractivity contribution in [3.8, 4) is 0 Å². The Labute approximate surface area is 89.5 Å². The summed E-state index contributed by atoms with van der Waals surface area (Å²) in [6, 6.07) is 0. The first-order valence-corrected chi connectivity index (χ1v) is 5.95. The molecule has 0 N–H and O–H groups in total. The number of methoxy groups -OCH3 is 1. The van der Waals surface area contributed by atoms with Crippen LogP contribution < -0.4 is 0 Å². The summed E-state index contributed by atoms with van der Waals surface area (Å²) in [5.41, 5.74) is 1.39. The summed E-state index contributed by atoms with van der Waals surface area (Å²) < 4.78 is 5.48. The van der Waals surface area contributed by atoms with Gasteiger partial charge in [-0.15, -0.1) is 0 Å². The van der Waals surface area contributed by atoms with Crippen LogP contribution in [0.2, 0.25) is 0 Å². The van der Waals surface area contributed by atoms with Crippen molar-refractivity contribution in [3.05, 3.63) is 11.6 Å². The largest absolute Gasteiger partial charge is 0.377 e. The molecule has 0 aromatic carbocycles. The molecule has 0 aliphatic heterocycles. The van der Waals surface area contributed by atoms with Gasteiger partial charge in [-0.25, -0.2) is 0 Å². The summed E-state index contributed by atoms with van der Waals surface area (Å²) in [6.45, 7) is 6.60. The molecule has 0 aromatic rings. The Kier molecular flexibility index (Phi) is 9.06. The van der Waals surface area contributed by atoms with Crippen LogP contribution in [-0.2, 0) is 4.74 Å². The molecule has 14 heavy (non-hydrogen) atoms. The number of allylic oxidation sites excluding steroid dienone is 1. The van der Waals surface area contributed by atoms with Crippen molar-refractivity contribution >= 4 is 0 Å². The number of ether oxygens (including phenoxy) is 1. The lowest BCUT2D eigenvalue weighted by atomic mass is 10.0. The van der Waals surface area contributed by atoms with Gasteiger partial charge in [-0.1, -0.05) is 45.6 Å². The predicted molar refractivity (Wildman–Crippen MR) is 63.6 cm³/mol. The van der Waals surface area contributed by atoms with Gasteiger partial charge >= 0.3 is 0 Å². The van der Waals surface area contributed by atoms with Crippen molar-refractivity contribution in [1.82, 2.24) is 0 Å². The van der Waals surface area contributed by atoms with Gasteiger partial charge in [0.2, 0.25) is 0 Å². The molecule has 0 heterocycles. The van der Waals surface area contributed by atoms with Crippen molar-refractivity contribution in [1.29, 1.82) is 0 Å². The highest BCUT2D eigenvalue weighted by Gasteiger charge is 2.07. The van der Waals surface area contributed by atoms with E-state index in [9.17, 15) is 0 Å². The Hall–Kier alpha value is -0.300. The first-order chi connectivity index (χ1) is 6.76. The van der Waals surface area contributed by atoms with Crippen LogP contribution in [0.3, 0.4) is 0 Å². The van der Waals surface area contributed by atoms with Crippen LogP contribution in [0.4, 0.5) is 0 Å². The molecule has 0 aliphatic carbocycles. The van der Waals surface area contributed by atoms with Gasteiger partial charge in [-0.05, 0) is 25.3 Å². The van der Waals surface area contributed by atoms with Gasteiger partial charge in [0.05, 0.1) is 6.10 Å². The first kappa shape index (κ1) is 13.7. The van der Waals surface area contributed by atoms with E-state index in [4.69, 9.17) is 4.74 Å². The van der Waals surface area contributed by atoms with E-state index < -0.39 is 0 Å². The molecular weight excluding hydrogens is 172 g/mol. The average Bonchev–Trinajstić information content (AvgIpc) is 2.18. The molecule has 1 unspecified atom stereocenters. The van der Waals surface area contributed by atoms with E-state index in [2.05, 4.69) is 26.8 Å². The minimum Gasteiger partial charge on any atom is -0.377 e. The first-order valence-electron chi connectivity index (χ1n) is 5.95. The number of rotatable bonds is 8. The Morgan fingerprint density at radius 3 is 2.43 bits per heavy atom. The zero-order valence-corrected chi connectivity index (χ0v) is 10.3. The summed E-state index contributed by atoms with van der Waals surface area (Å²) in [5, 5.41) is 0. The lowest BCUT2D eigenvalue weighted by molar-refractivity contribution is 0.121. The third kappa shape index (κ3) is 6.20. The van der Waals surface area contributed by atoms with Crippen LogP contribution in [0.25, 0.3) is 0 Å². The van der Waals surface area contributed by atoms with E-state index in [1.54, 1.807) is 0 Å². The van der Waals surface area contributed by atoms with Crippen LogP contribution in [0, 0.1) is 0 Å². The van der Waals surface area contributed by atoms with E-state index in [-0.39, 0.29) is 0 Å². The van der Waals surface area contributed by atoms with Crippen LogP contribution in [-0.4, -0.2) is 13.2 Å². The predicted octanol–water partition coefficient (Wildman–Crippen LogP) is 4.33. The topological polar surface area (TPSA) is 9.23 Å². The van der Waals surface area contributed by atoms with Gasteiger partial charge in [-0.3, -0.25) is 0 Å². The van der Waals surface area contributed by atoms with Crippen molar-refractivity contribution in [2.75, 3.05) is 7.11 Å². The van der Waals surface area contributed by atoms with E-state index in [1.807, 2.05) is 7.11 Å². The second-order valence-corrected chi connectivity index (χ2v) is 3.93. The zero-order chi connectivity index (χ0) is 10.8. The average molecular weight is 198 g/mol. The lowest BCUT2D eigenvalue weighted by Gasteiger charge is -2.15. The van der Waals surface area contributed by atoms with E-state index >= 15 is 0 Å². The Bertz CT molecular complexity index is 149. The maximum absolute atomic E-state index is 5.48. The molecule has 1 nitrogen and oxygen atoms in total. The van der Waals surface area contributed by atoms with E-state index in [0.29, 0.717) is 6.10 Å². The van der Waals surface area contributed by atoms with E-state index in [1.165, 1.54) is 37.7 Å². The monoisotopic (exact) mass is 198 g/mol. The molecule has 0 rings (SSSR count). The molecule has 0 radical (unpaired) electrons. The SMILES string of the molecule is CC/C=C(\C)C(CCCCCC)OC. The molecule has 0 saturated heterocycles. The highest BCUT2D eigenvalue weighted by Crippen LogP contribution is 2.15. The molecule has 84 valence electrons. The minimum atomic E-state index is 0.354. The van der Waals surface area contributed by atoms with Crippen molar-refractivity contribution in [3.63, 3.8) is 0 Å². The maximum Gasteiger partial charge on any atom is 0.0778 e. The van der Waals surface area contributed by atoms with Crippen LogP contribution in [0.5, 0.6) is 0 Å². The van der Waals surface area contributed by atoms with Crippen LogP contribution in [0.1, 0.15) is 59.3 Å². The van der Waals surface area contributed by atoms with Gasteiger partial charge in [0.25, 0.3) is 0 Å². The Morgan fingerprint density at radius 2 is 1.93 bits per heavy atom. The number of hydrogen-bond acceptors (Lipinski definition) is 1. The van der Waals surface area contributed by atoms with Crippen LogP contribution in [0.15, 0.2) is 11.6 Å². The molecule has 0 amide bonds. The fourth-order valence-corrected chi connectivity index (χ4v) is 1.74. The lowest BCUT2D eigenvalue weighted by Crippen LogP contribution is -2.11. The molecule has 1 atom stereocenters. The summed E-state index contributed by atoms with van der Waals surface area (Å²) in [7, 11) is 1.82. The highest BCUT2D eigenvalue weighted by molar-refractivity contribution is 5.04. The van der Waals surface area contributed by atoms with Gasteiger partial charge in [-0.2, -0.15) is 0 Å². The van der Waals surface area contributed by atoms with Gasteiger partial charge in [0, 0.05) is 7.11 Å². The third-order valence-electron chi connectivity index (χ3n) is 2.64. The second-order valence-electron chi connectivity index (χ2n) is 3.93. The van der Waals surface area contributed by atoms with Gasteiger partial charge < -0.3 is 4.74 Å². The number of hydrogen-bond donors (Lipinski definition) is 0. The Balaban J connectivity index is 3.73. The van der Waals surface area contributed by atoms with Crippen LogP contribution >= 0.6 is 0 Å².